The van der Waals surface area contributed by atoms with E-state index in [2.05, 4.69) is 25.5 Å². The summed E-state index contributed by atoms with van der Waals surface area (Å²) in [5, 5.41) is 28.3. The van der Waals surface area contributed by atoms with E-state index >= 15 is 0 Å². The molecule has 3 aromatic rings. The number of carbonyl (C=O) groups is 1. The first-order valence-electron chi connectivity index (χ1n) is 9.29. The lowest BCUT2D eigenvalue weighted by molar-refractivity contribution is -0.137. The molecule has 0 spiro atoms. The molecule has 1 aliphatic heterocycles. The van der Waals surface area contributed by atoms with Crippen LogP contribution in [0, 0.1) is 11.3 Å². The molecule has 0 bridgehead atoms. The number of alkyl halides is 3. The number of anilines is 3. The van der Waals surface area contributed by atoms with Gasteiger partial charge in [-0.3, -0.25) is 0 Å². The first kappa shape index (κ1) is 21.0. The quantitative estimate of drug-likeness (QED) is 0.627. The van der Waals surface area contributed by atoms with Crippen LogP contribution in [0.3, 0.4) is 0 Å². The van der Waals surface area contributed by atoms with Crippen LogP contribution >= 0.6 is 0 Å². The maximum absolute atomic E-state index is 13.3. The highest BCUT2D eigenvalue weighted by Crippen LogP contribution is 2.36. The van der Waals surface area contributed by atoms with Gasteiger partial charge in [0.15, 0.2) is 11.5 Å². The fraction of sp³-hybridized carbons (Fsp3) is 0.200. The second kappa shape index (κ2) is 8.10. The number of fused-ring (bicyclic) bond motifs is 1. The molecule has 0 amide bonds. The summed E-state index contributed by atoms with van der Waals surface area (Å²) in [6.07, 6.45) is -2.87. The van der Waals surface area contributed by atoms with Gasteiger partial charge in [-0.2, -0.15) is 18.4 Å². The standard InChI is InChI=1S/C20H14F3N7O2/c21-20(22,23)14-7-12(2-1-11(14)8-24)30-6-5-13-16(9-30)25-10-26-18(13)27-17-4-3-15(19(31)32)28-29-17/h1-4,7,10H,5-6,9H2,(H,31,32)(H,25,26,27,29). The Bertz CT molecular complexity index is 1220. The van der Waals surface area contributed by atoms with E-state index in [9.17, 15) is 18.0 Å². The number of benzene rings is 1. The molecule has 0 atom stereocenters. The minimum absolute atomic E-state index is 0.198. The van der Waals surface area contributed by atoms with Crippen LogP contribution in [0.1, 0.15) is 32.9 Å². The van der Waals surface area contributed by atoms with Gasteiger partial charge in [0, 0.05) is 17.8 Å². The summed E-state index contributed by atoms with van der Waals surface area (Å²) >= 11 is 0. The molecule has 2 aromatic heterocycles. The number of nitriles is 1. The molecule has 0 radical (unpaired) electrons. The summed E-state index contributed by atoms with van der Waals surface area (Å²) < 4.78 is 39.9. The minimum Gasteiger partial charge on any atom is -0.476 e. The third kappa shape index (κ3) is 4.13. The summed E-state index contributed by atoms with van der Waals surface area (Å²) in [5.41, 5.74) is 0.139. The SMILES string of the molecule is N#Cc1ccc(N2CCc3c(ncnc3Nc3ccc(C(=O)O)nn3)C2)cc1C(F)(F)F. The predicted molar refractivity (Wildman–Crippen MR) is 105 cm³/mol. The highest BCUT2D eigenvalue weighted by atomic mass is 19.4. The fourth-order valence-corrected chi connectivity index (χ4v) is 3.38. The number of nitrogens with one attached hydrogen (secondary N) is 1. The van der Waals surface area contributed by atoms with Crippen molar-refractivity contribution in [2.24, 2.45) is 0 Å². The molecule has 162 valence electrons. The van der Waals surface area contributed by atoms with Crippen molar-refractivity contribution in [3.05, 3.63) is 64.7 Å². The lowest BCUT2D eigenvalue weighted by atomic mass is 10.0. The van der Waals surface area contributed by atoms with E-state index in [1.807, 2.05) is 0 Å². The Morgan fingerprint density at radius 1 is 1.19 bits per heavy atom. The van der Waals surface area contributed by atoms with E-state index in [-0.39, 0.29) is 12.2 Å². The van der Waals surface area contributed by atoms with E-state index in [1.54, 1.807) is 11.0 Å². The monoisotopic (exact) mass is 441 g/mol. The van der Waals surface area contributed by atoms with Crippen molar-refractivity contribution in [1.29, 1.82) is 5.26 Å². The lowest BCUT2D eigenvalue weighted by Gasteiger charge is -2.31. The van der Waals surface area contributed by atoms with E-state index in [0.29, 0.717) is 36.0 Å². The fourth-order valence-electron chi connectivity index (χ4n) is 3.38. The molecule has 0 aliphatic carbocycles. The number of hydrogen-bond acceptors (Lipinski definition) is 8. The van der Waals surface area contributed by atoms with Gasteiger partial charge in [-0.05, 0) is 36.8 Å². The first-order chi connectivity index (χ1) is 15.3. The normalized spacial score (nSPS) is 13.2. The molecular weight excluding hydrogens is 427 g/mol. The molecule has 32 heavy (non-hydrogen) atoms. The summed E-state index contributed by atoms with van der Waals surface area (Å²) in [4.78, 5) is 21.1. The van der Waals surface area contributed by atoms with Gasteiger partial charge in [0.25, 0.3) is 0 Å². The van der Waals surface area contributed by atoms with Crippen molar-refractivity contribution in [3.8, 4) is 6.07 Å². The third-order valence-electron chi connectivity index (χ3n) is 4.93. The van der Waals surface area contributed by atoms with Crippen molar-refractivity contribution >= 4 is 23.3 Å². The van der Waals surface area contributed by atoms with Gasteiger partial charge in [-0.15, -0.1) is 10.2 Å². The Morgan fingerprint density at radius 3 is 2.66 bits per heavy atom. The summed E-state index contributed by atoms with van der Waals surface area (Å²) in [6, 6.07) is 7.96. The maximum atomic E-state index is 13.3. The van der Waals surface area contributed by atoms with Gasteiger partial charge in [-0.1, -0.05) is 0 Å². The molecule has 9 nitrogen and oxygen atoms in total. The second-order valence-corrected chi connectivity index (χ2v) is 6.89. The number of hydrogen-bond donors (Lipinski definition) is 2. The van der Waals surface area contributed by atoms with Crippen molar-refractivity contribution in [1.82, 2.24) is 20.2 Å². The van der Waals surface area contributed by atoms with Gasteiger partial charge >= 0.3 is 12.1 Å². The predicted octanol–water partition coefficient (Wildman–Crippen LogP) is 3.16. The van der Waals surface area contributed by atoms with Crippen molar-refractivity contribution in [2.75, 3.05) is 16.8 Å². The Hall–Kier alpha value is -4.27. The van der Waals surface area contributed by atoms with Crippen LogP contribution in [0.5, 0.6) is 0 Å². The molecule has 0 saturated carbocycles. The van der Waals surface area contributed by atoms with Crippen LogP contribution in [-0.4, -0.2) is 37.8 Å². The van der Waals surface area contributed by atoms with E-state index < -0.39 is 23.3 Å². The van der Waals surface area contributed by atoms with E-state index in [0.717, 1.165) is 11.6 Å². The largest absolute Gasteiger partial charge is 0.476 e. The average molecular weight is 441 g/mol. The molecule has 1 aromatic carbocycles. The molecule has 3 heterocycles. The number of aromatic carboxylic acids is 1. The number of carboxylic acids is 1. The zero-order valence-electron chi connectivity index (χ0n) is 16.3. The summed E-state index contributed by atoms with van der Waals surface area (Å²) in [6.45, 7) is 0.654. The highest BCUT2D eigenvalue weighted by Gasteiger charge is 2.34. The van der Waals surface area contributed by atoms with Crippen LogP contribution in [0.4, 0.5) is 30.5 Å². The van der Waals surface area contributed by atoms with E-state index in [1.165, 1.54) is 30.6 Å². The van der Waals surface area contributed by atoms with Crippen LogP contribution in [0.2, 0.25) is 0 Å². The Kier molecular flexibility index (Phi) is 5.31. The minimum atomic E-state index is -4.63. The van der Waals surface area contributed by atoms with Crippen LogP contribution in [0.25, 0.3) is 0 Å². The number of rotatable bonds is 4. The van der Waals surface area contributed by atoms with Gasteiger partial charge in [0.2, 0.25) is 0 Å². The summed E-state index contributed by atoms with van der Waals surface area (Å²) in [5.74, 6) is -0.442. The van der Waals surface area contributed by atoms with E-state index in [4.69, 9.17) is 10.4 Å². The second-order valence-electron chi connectivity index (χ2n) is 6.89. The topological polar surface area (TPSA) is 128 Å². The summed E-state index contributed by atoms with van der Waals surface area (Å²) in [7, 11) is 0. The van der Waals surface area contributed by atoms with Gasteiger partial charge in [0.1, 0.15) is 12.1 Å². The Morgan fingerprint density at radius 2 is 2.00 bits per heavy atom. The van der Waals surface area contributed by atoms with Crippen LogP contribution in [0.15, 0.2) is 36.7 Å². The van der Waals surface area contributed by atoms with Crippen molar-refractivity contribution in [2.45, 2.75) is 19.1 Å². The lowest BCUT2D eigenvalue weighted by Crippen LogP contribution is -2.32. The molecule has 0 unspecified atom stereocenters. The van der Waals surface area contributed by atoms with Gasteiger partial charge in [-0.25, -0.2) is 14.8 Å². The number of aromatic nitrogens is 4. The Labute approximate surface area is 179 Å². The molecule has 0 saturated heterocycles. The smallest absolute Gasteiger partial charge is 0.417 e. The first-order valence-corrected chi connectivity index (χ1v) is 9.29. The maximum Gasteiger partial charge on any atom is 0.417 e. The van der Waals surface area contributed by atoms with Gasteiger partial charge in [0.05, 0.1) is 29.4 Å². The van der Waals surface area contributed by atoms with Gasteiger partial charge < -0.3 is 15.3 Å². The Balaban J connectivity index is 1.58. The average Bonchev–Trinajstić information content (AvgIpc) is 2.78. The number of nitrogens with zero attached hydrogens (tertiary/aromatic N) is 6. The molecule has 2 N–H and O–H groups in total. The highest BCUT2D eigenvalue weighted by molar-refractivity contribution is 5.85. The van der Waals surface area contributed by atoms with Crippen molar-refractivity contribution in [3.63, 3.8) is 0 Å². The molecule has 1 aliphatic rings. The zero-order valence-corrected chi connectivity index (χ0v) is 16.3. The third-order valence-corrected chi connectivity index (χ3v) is 4.93. The molecular formula is C20H14F3N7O2. The number of carboxylic acid groups (broad SMARTS) is 1. The molecule has 12 heteroatoms. The van der Waals surface area contributed by atoms with Crippen LogP contribution in [-0.2, 0) is 19.1 Å². The molecule has 4 rings (SSSR count). The zero-order chi connectivity index (χ0) is 22.9. The molecule has 0 fully saturated rings. The van der Waals surface area contributed by atoms with Crippen LogP contribution < -0.4 is 10.2 Å². The van der Waals surface area contributed by atoms with Crippen molar-refractivity contribution < 1.29 is 23.1 Å². The number of halogens is 3.